The van der Waals surface area contributed by atoms with Gasteiger partial charge in [-0.1, -0.05) is 12.1 Å². The van der Waals surface area contributed by atoms with Crippen molar-refractivity contribution in [3.8, 4) is 0 Å². The molecular formula is C19H14F2N2O5. The zero-order valence-electron chi connectivity index (χ0n) is 14.6. The highest BCUT2D eigenvalue weighted by Crippen LogP contribution is 2.24. The number of amides is 3. The van der Waals surface area contributed by atoms with Gasteiger partial charge in [0.25, 0.3) is 17.7 Å². The van der Waals surface area contributed by atoms with E-state index in [4.69, 9.17) is 4.74 Å². The first-order valence-corrected chi connectivity index (χ1v) is 8.18. The number of carbonyl (C=O) groups excluding carboxylic acids is 4. The molecule has 2 aromatic carbocycles. The average Bonchev–Trinajstić information content (AvgIpc) is 2.93. The minimum absolute atomic E-state index is 0.173. The van der Waals surface area contributed by atoms with Gasteiger partial charge in [0.05, 0.1) is 16.8 Å². The lowest BCUT2D eigenvalue weighted by Gasteiger charge is -2.20. The monoisotopic (exact) mass is 388 g/mol. The number of rotatable bonds is 5. The van der Waals surface area contributed by atoms with Crippen LogP contribution in [0.3, 0.4) is 0 Å². The number of halogens is 2. The van der Waals surface area contributed by atoms with Gasteiger partial charge >= 0.3 is 5.97 Å². The zero-order valence-corrected chi connectivity index (χ0v) is 14.6. The number of imide groups is 1. The molecular weight excluding hydrogens is 374 g/mol. The lowest BCUT2D eigenvalue weighted by atomic mass is 10.1. The van der Waals surface area contributed by atoms with Gasteiger partial charge in [0, 0.05) is 6.07 Å². The molecule has 1 heterocycles. The fourth-order valence-corrected chi connectivity index (χ4v) is 2.70. The van der Waals surface area contributed by atoms with E-state index in [-0.39, 0.29) is 11.1 Å². The Bertz CT molecular complexity index is 957. The van der Waals surface area contributed by atoms with Crippen molar-refractivity contribution < 1.29 is 32.7 Å². The van der Waals surface area contributed by atoms with E-state index in [2.05, 4.69) is 5.32 Å². The summed E-state index contributed by atoms with van der Waals surface area (Å²) in [6.07, 6.45) is 0. The highest BCUT2D eigenvalue weighted by Gasteiger charge is 2.41. The molecule has 144 valence electrons. The quantitative estimate of drug-likeness (QED) is 0.626. The summed E-state index contributed by atoms with van der Waals surface area (Å²) in [6, 6.07) is 7.33. The molecule has 1 N–H and O–H groups in total. The second kappa shape index (κ2) is 7.55. The SMILES string of the molecule is C[C@@H](C(=O)OCC(=O)Nc1cc(F)ccc1F)N1C(=O)c2ccccc2C1=O. The summed E-state index contributed by atoms with van der Waals surface area (Å²) >= 11 is 0. The number of carbonyl (C=O) groups is 4. The maximum atomic E-state index is 13.5. The Morgan fingerprint density at radius 2 is 1.68 bits per heavy atom. The molecule has 0 radical (unpaired) electrons. The van der Waals surface area contributed by atoms with Gasteiger partial charge in [0.2, 0.25) is 0 Å². The molecule has 0 saturated carbocycles. The maximum absolute atomic E-state index is 13.5. The predicted octanol–water partition coefficient (Wildman–Crippen LogP) is 2.13. The van der Waals surface area contributed by atoms with Crippen LogP contribution >= 0.6 is 0 Å². The Balaban J connectivity index is 1.61. The number of nitrogens with zero attached hydrogens (tertiary/aromatic N) is 1. The molecule has 2 aromatic rings. The minimum Gasteiger partial charge on any atom is -0.454 e. The number of hydrogen-bond donors (Lipinski definition) is 1. The topological polar surface area (TPSA) is 92.8 Å². The van der Waals surface area contributed by atoms with Gasteiger partial charge in [-0.05, 0) is 31.2 Å². The van der Waals surface area contributed by atoms with Gasteiger partial charge in [0.15, 0.2) is 6.61 Å². The number of anilines is 1. The normalized spacial score (nSPS) is 13.9. The zero-order chi connectivity index (χ0) is 20.4. The van der Waals surface area contributed by atoms with Crippen LogP contribution in [0.1, 0.15) is 27.6 Å². The van der Waals surface area contributed by atoms with Gasteiger partial charge in [0.1, 0.15) is 17.7 Å². The molecule has 1 aliphatic rings. The van der Waals surface area contributed by atoms with Crippen molar-refractivity contribution in [1.82, 2.24) is 4.90 Å². The highest BCUT2D eigenvalue weighted by molar-refractivity contribution is 6.22. The van der Waals surface area contributed by atoms with Gasteiger partial charge in [-0.25, -0.2) is 13.6 Å². The summed E-state index contributed by atoms with van der Waals surface area (Å²) in [5.74, 6) is -4.81. The molecule has 0 unspecified atom stereocenters. The second-order valence-electron chi connectivity index (χ2n) is 5.98. The standard InChI is InChI=1S/C19H14F2N2O5/c1-10(23-17(25)12-4-2-3-5-13(12)18(23)26)19(27)28-9-16(24)22-15-8-11(20)6-7-14(15)21/h2-8,10H,9H2,1H3,(H,22,24)/t10-/m0/s1. The van der Waals surface area contributed by atoms with Crippen LogP contribution < -0.4 is 5.32 Å². The molecule has 0 aliphatic carbocycles. The Morgan fingerprint density at radius 3 is 2.29 bits per heavy atom. The van der Waals surface area contributed by atoms with E-state index in [0.29, 0.717) is 0 Å². The van der Waals surface area contributed by atoms with Gasteiger partial charge in [-0.2, -0.15) is 0 Å². The average molecular weight is 388 g/mol. The smallest absolute Gasteiger partial charge is 0.329 e. The van der Waals surface area contributed by atoms with E-state index in [1.807, 2.05) is 0 Å². The molecule has 3 amide bonds. The summed E-state index contributed by atoms with van der Waals surface area (Å²) in [5.41, 5.74) is -0.0626. The van der Waals surface area contributed by atoms with Crippen LogP contribution in [0.25, 0.3) is 0 Å². The lowest BCUT2D eigenvalue weighted by Crippen LogP contribution is -2.44. The van der Waals surface area contributed by atoms with Crippen molar-refractivity contribution >= 4 is 29.4 Å². The fourth-order valence-electron chi connectivity index (χ4n) is 2.70. The third-order valence-corrected chi connectivity index (χ3v) is 4.10. The van der Waals surface area contributed by atoms with Crippen molar-refractivity contribution in [1.29, 1.82) is 0 Å². The predicted molar refractivity (Wildman–Crippen MR) is 92.4 cm³/mol. The Morgan fingerprint density at radius 1 is 1.07 bits per heavy atom. The Kier molecular flexibility index (Phi) is 5.16. The maximum Gasteiger partial charge on any atom is 0.329 e. The number of benzene rings is 2. The van der Waals surface area contributed by atoms with Crippen LogP contribution in [0.2, 0.25) is 0 Å². The molecule has 9 heteroatoms. The van der Waals surface area contributed by atoms with E-state index in [0.717, 1.165) is 23.1 Å². The second-order valence-corrected chi connectivity index (χ2v) is 5.98. The Labute approximate surface area is 157 Å². The third-order valence-electron chi connectivity index (χ3n) is 4.10. The summed E-state index contributed by atoms with van der Waals surface area (Å²) < 4.78 is 31.4. The molecule has 7 nitrogen and oxygen atoms in total. The highest BCUT2D eigenvalue weighted by atomic mass is 19.1. The van der Waals surface area contributed by atoms with Gasteiger partial charge in [-0.15, -0.1) is 0 Å². The van der Waals surface area contributed by atoms with Crippen LogP contribution in [0.4, 0.5) is 14.5 Å². The first-order chi connectivity index (χ1) is 13.3. The first kappa shape index (κ1) is 19.2. The molecule has 3 rings (SSSR count). The summed E-state index contributed by atoms with van der Waals surface area (Å²) in [6.45, 7) is 0.483. The first-order valence-electron chi connectivity index (χ1n) is 8.18. The van der Waals surface area contributed by atoms with E-state index in [1.54, 1.807) is 12.1 Å². The third kappa shape index (κ3) is 3.59. The van der Waals surface area contributed by atoms with Gasteiger partial charge in [-0.3, -0.25) is 19.3 Å². The number of nitrogens with one attached hydrogen (secondary N) is 1. The fraction of sp³-hybridized carbons (Fsp3) is 0.158. The summed E-state index contributed by atoms with van der Waals surface area (Å²) in [5, 5.41) is 2.07. The molecule has 1 atom stereocenters. The molecule has 0 spiro atoms. The van der Waals surface area contributed by atoms with Crippen LogP contribution in [-0.2, 0) is 14.3 Å². The van der Waals surface area contributed by atoms with Crippen molar-refractivity contribution in [3.63, 3.8) is 0 Å². The van der Waals surface area contributed by atoms with E-state index >= 15 is 0 Å². The van der Waals surface area contributed by atoms with E-state index in [1.165, 1.54) is 19.1 Å². The summed E-state index contributed by atoms with van der Waals surface area (Å²) in [7, 11) is 0. The van der Waals surface area contributed by atoms with Crippen molar-refractivity contribution in [2.24, 2.45) is 0 Å². The molecule has 0 fully saturated rings. The Hall–Kier alpha value is -3.62. The van der Waals surface area contributed by atoms with E-state index in [9.17, 15) is 28.0 Å². The summed E-state index contributed by atoms with van der Waals surface area (Å²) in [4.78, 5) is 49.4. The largest absolute Gasteiger partial charge is 0.454 e. The molecule has 28 heavy (non-hydrogen) atoms. The van der Waals surface area contributed by atoms with Crippen molar-refractivity contribution in [3.05, 3.63) is 65.2 Å². The van der Waals surface area contributed by atoms with Gasteiger partial charge < -0.3 is 10.1 Å². The van der Waals surface area contributed by atoms with Crippen LogP contribution in [-0.4, -0.2) is 41.2 Å². The number of fused-ring (bicyclic) bond motifs is 1. The lowest BCUT2D eigenvalue weighted by molar-refractivity contribution is -0.150. The van der Waals surface area contributed by atoms with Crippen molar-refractivity contribution in [2.45, 2.75) is 13.0 Å². The van der Waals surface area contributed by atoms with E-state index < -0.39 is 53.7 Å². The van der Waals surface area contributed by atoms with Crippen LogP contribution in [0, 0.1) is 11.6 Å². The molecule has 1 aliphatic heterocycles. The number of esters is 1. The number of ether oxygens (including phenoxy) is 1. The van der Waals surface area contributed by atoms with Crippen molar-refractivity contribution in [2.75, 3.05) is 11.9 Å². The van der Waals surface area contributed by atoms with Crippen LogP contribution in [0.5, 0.6) is 0 Å². The molecule has 0 aromatic heterocycles. The minimum atomic E-state index is -1.27. The molecule has 0 saturated heterocycles. The number of hydrogen-bond acceptors (Lipinski definition) is 5. The molecule has 0 bridgehead atoms. The van der Waals surface area contributed by atoms with Crippen LogP contribution in [0.15, 0.2) is 42.5 Å².